The maximum absolute atomic E-state index is 12.9. The number of esters is 4. The van der Waals surface area contributed by atoms with E-state index in [1.807, 2.05) is 0 Å². The van der Waals surface area contributed by atoms with Crippen molar-refractivity contribution in [1.29, 1.82) is 0 Å². The molecule has 0 aliphatic carbocycles. The molecule has 0 spiro atoms. The molecule has 19 heteroatoms. The first-order valence-corrected chi connectivity index (χ1v) is 34.9. The van der Waals surface area contributed by atoms with Gasteiger partial charge in [0.05, 0.1) is 26.4 Å². The second-order valence-electron chi connectivity index (χ2n) is 22.2. The van der Waals surface area contributed by atoms with Crippen LogP contribution in [0.5, 0.6) is 0 Å². The summed E-state index contributed by atoms with van der Waals surface area (Å²) in [5.74, 6) is -1.43. The van der Waals surface area contributed by atoms with Crippen LogP contribution in [0.25, 0.3) is 0 Å². The number of phosphoric ester groups is 2. The fourth-order valence-corrected chi connectivity index (χ4v) is 10.3. The van der Waals surface area contributed by atoms with E-state index in [1.165, 1.54) is 70.6 Å². The standard InChI is InChI=1S/C62H116O17P2/c1-6-9-12-15-18-19-20-21-22-23-24-27-33-38-43-48-62(67)79-58(52-73-60(65)46-41-36-32-28-25-26-31-34-39-44-55(4)5)54-77-81(70,71)75-50-56(63)49-74-80(68,69)76-53-57(78-61(66)47-42-37-30-17-14-11-8-3)51-72-59(64)45-40-35-29-16-13-10-7-2/h19-22,55-58,63H,6-18,23-54H2,1-5H3,(H,68,69)(H,70,71)/b20-19-,22-21-/t56-,57+,58+/m0/s1. The first-order valence-electron chi connectivity index (χ1n) is 32.0. The summed E-state index contributed by atoms with van der Waals surface area (Å²) in [4.78, 5) is 71.8. The highest BCUT2D eigenvalue weighted by Crippen LogP contribution is 2.45. The summed E-state index contributed by atoms with van der Waals surface area (Å²) in [5, 5.41) is 10.5. The lowest BCUT2D eigenvalue weighted by molar-refractivity contribution is -0.161. The molecular formula is C62H116O17P2. The van der Waals surface area contributed by atoms with Gasteiger partial charge in [-0.15, -0.1) is 0 Å². The van der Waals surface area contributed by atoms with Crippen LogP contribution in [0.2, 0.25) is 0 Å². The number of carbonyl (C=O) groups is 4. The third-order valence-corrected chi connectivity index (χ3v) is 15.6. The van der Waals surface area contributed by atoms with E-state index in [2.05, 4.69) is 58.9 Å². The van der Waals surface area contributed by atoms with E-state index in [9.17, 15) is 43.2 Å². The molecule has 0 aromatic heterocycles. The fraction of sp³-hybridized carbons (Fsp3) is 0.871. The second kappa shape index (κ2) is 55.4. The molecule has 0 heterocycles. The predicted molar refractivity (Wildman–Crippen MR) is 321 cm³/mol. The van der Waals surface area contributed by atoms with Crippen molar-refractivity contribution < 1.29 is 80.2 Å². The zero-order valence-electron chi connectivity index (χ0n) is 51.4. The SMILES string of the molecule is CCCCCC/C=C\C=C/CCCCCCCC(=O)O[C@H](COC(=O)CCCCCCCCCCCC(C)C)COP(=O)(O)OC[C@@H](O)COP(=O)(O)OC[C@@H](COC(=O)CCCCCCCCC)OC(=O)CCCCCCCCC. The molecule has 0 rings (SSSR count). The summed E-state index contributed by atoms with van der Waals surface area (Å²) in [5.41, 5.74) is 0. The molecule has 3 N–H and O–H groups in total. The number of carbonyl (C=O) groups excluding carboxylic acids is 4. The van der Waals surface area contributed by atoms with Crippen LogP contribution < -0.4 is 0 Å². The maximum atomic E-state index is 12.9. The number of hydrogen-bond donors (Lipinski definition) is 3. The average Bonchev–Trinajstić information content (AvgIpc) is 3.43. The number of phosphoric acid groups is 2. The molecule has 0 saturated carbocycles. The van der Waals surface area contributed by atoms with E-state index >= 15 is 0 Å². The Morgan fingerprint density at radius 2 is 0.667 bits per heavy atom. The molecule has 0 aliphatic rings. The monoisotopic (exact) mass is 1190 g/mol. The lowest BCUT2D eigenvalue weighted by Crippen LogP contribution is -2.30. The fourth-order valence-electron chi connectivity index (χ4n) is 8.69. The maximum Gasteiger partial charge on any atom is 0.472 e. The number of ether oxygens (including phenoxy) is 4. The molecule has 0 aromatic carbocycles. The Labute approximate surface area is 491 Å². The normalized spacial score (nSPS) is 14.5. The molecule has 0 saturated heterocycles. The summed E-state index contributed by atoms with van der Waals surface area (Å²) in [7, 11) is -9.88. The van der Waals surface area contributed by atoms with Gasteiger partial charge in [0.25, 0.3) is 0 Å². The smallest absolute Gasteiger partial charge is 0.462 e. The van der Waals surface area contributed by atoms with Gasteiger partial charge in [0.1, 0.15) is 19.3 Å². The van der Waals surface area contributed by atoms with Crippen LogP contribution in [0.3, 0.4) is 0 Å². The van der Waals surface area contributed by atoms with Gasteiger partial charge < -0.3 is 33.8 Å². The molecule has 81 heavy (non-hydrogen) atoms. The van der Waals surface area contributed by atoms with Crippen molar-refractivity contribution in [2.24, 2.45) is 5.92 Å². The topological polar surface area (TPSA) is 237 Å². The van der Waals surface area contributed by atoms with E-state index in [4.69, 9.17) is 37.0 Å². The van der Waals surface area contributed by atoms with Crippen molar-refractivity contribution in [3.8, 4) is 0 Å². The number of aliphatic hydroxyl groups excluding tert-OH is 1. The van der Waals surface area contributed by atoms with Crippen LogP contribution in [0.15, 0.2) is 24.3 Å². The third kappa shape index (κ3) is 56.4. The Kier molecular flexibility index (Phi) is 53.7. The first kappa shape index (κ1) is 78.5. The molecule has 2 unspecified atom stereocenters. The summed E-state index contributed by atoms with van der Waals surface area (Å²) >= 11 is 0. The van der Waals surface area contributed by atoms with Crippen molar-refractivity contribution in [1.82, 2.24) is 0 Å². The number of unbranched alkanes of at least 4 members (excludes halogenated alkanes) is 29. The number of hydrogen-bond acceptors (Lipinski definition) is 15. The van der Waals surface area contributed by atoms with Crippen LogP contribution in [0.1, 0.15) is 285 Å². The van der Waals surface area contributed by atoms with E-state index in [0.29, 0.717) is 25.7 Å². The zero-order chi connectivity index (χ0) is 59.9. The molecule has 0 radical (unpaired) electrons. The largest absolute Gasteiger partial charge is 0.472 e. The third-order valence-electron chi connectivity index (χ3n) is 13.7. The molecule has 0 amide bonds. The number of allylic oxidation sites excluding steroid dienone is 4. The second-order valence-corrected chi connectivity index (χ2v) is 25.1. The quantitative estimate of drug-likeness (QED) is 0.0169. The highest BCUT2D eigenvalue weighted by molar-refractivity contribution is 7.47. The predicted octanol–water partition coefficient (Wildman–Crippen LogP) is 16.6. The Morgan fingerprint density at radius 1 is 0.383 bits per heavy atom. The van der Waals surface area contributed by atoms with Crippen molar-refractivity contribution in [3.63, 3.8) is 0 Å². The highest BCUT2D eigenvalue weighted by Gasteiger charge is 2.30. The van der Waals surface area contributed by atoms with Gasteiger partial charge in [-0.1, -0.05) is 232 Å². The van der Waals surface area contributed by atoms with Gasteiger partial charge in [0.15, 0.2) is 12.2 Å². The van der Waals surface area contributed by atoms with Crippen LogP contribution in [-0.2, 0) is 65.4 Å². The highest BCUT2D eigenvalue weighted by atomic mass is 31.2. The minimum Gasteiger partial charge on any atom is -0.462 e. The minimum absolute atomic E-state index is 0.0845. The molecule has 0 fully saturated rings. The summed E-state index contributed by atoms with van der Waals surface area (Å²) in [6, 6.07) is 0. The molecule has 0 aliphatic heterocycles. The molecule has 5 atom stereocenters. The van der Waals surface area contributed by atoms with E-state index in [-0.39, 0.29) is 25.7 Å². The molecule has 0 bridgehead atoms. The van der Waals surface area contributed by atoms with Crippen molar-refractivity contribution in [3.05, 3.63) is 24.3 Å². The minimum atomic E-state index is -4.95. The van der Waals surface area contributed by atoms with Crippen LogP contribution in [0, 0.1) is 5.92 Å². The Bertz CT molecular complexity index is 1680. The van der Waals surface area contributed by atoms with Crippen molar-refractivity contribution in [2.45, 2.75) is 303 Å². The molecule has 0 aromatic rings. The average molecular weight is 1200 g/mol. The zero-order valence-corrected chi connectivity index (χ0v) is 53.2. The van der Waals surface area contributed by atoms with Crippen molar-refractivity contribution >= 4 is 39.5 Å². The van der Waals surface area contributed by atoms with E-state index in [0.717, 1.165) is 134 Å². The molecule has 476 valence electrons. The number of rotatable bonds is 60. The van der Waals surface area contributed by atoms with Gasteiger partial charge in [-0.2, -0.15) is 0 Å². The van der Waals surface area contributed by atoms with Crippen LogP contribution in [0.4, 0.5) is 0 Å². The van der Waals surface area contributed by atoms with Crippen LogP contribution in [-0.4, -0.2) is 96.7 Å². The van der Waals surface area contributed by atoms with Gasteiger partial charge in [-0.05, 0) is 57.3 Å². The van der Waals surface area contributed by atoms with Crippen LogP contribution >= 0.6 is 15.6 Å². The summed E-state index contributed by atoms with van der Waals surface area (Å²) in [6.45, 7) is 7.00. The van der Waals surface area contributed by atoms with Crippen molar-refractivity contribution in [2.75, 3.05) is 39.6 Å². The van der Waals surface area contributed by atoms with Gasteiger partial charge in [-0.3, -0.25) is 37.3 Å². The van der Waals surface area contributed by atoms with Gasteiger partial charge >= 0.3 is 39.5 Å². The summed E-state index contributed by atoms with van der Waals surface area (Å²) < 4.78 is 67.7. The van der Waals surface area contributed by atoms with Gasteiger partial charge in [0.2, 0.25) is 0 Å². The van der Waals surface area contributed by atoms with Gasteiger partial charge in [-0.25, -0.2) is 9.13 Å². The lowest BCUT2D eigenvalue weighted by Gasteiger charge is -2.21. The Morgan fingerprint density at radius 3 is 1.01 bits per heavy atom. The Hall–Kier alpha value is -2.46. The molecule has 17 nitrogen and oxygen atoms in total. The van der Waals surface area contributed by atoms with Gasteiger partial charge in [0, 0.05) is 25.7 Å². The van der Waals surface area contributed by atoms with E-state index < -0.39 is 97.5 Å². The summed E-state index contributed by atoms with van der Waals surface area (Å²) in [6.07, 6.45) is 41.4. The van der Waals surface area contributed by atoms with E-state index in [1.54, 1.807) is 0 Å². The number of aliphatic hydroxyl groups is 1. The first-order chi connectivity index (χ1) is 39.0. The molecular weight excluding hydrogens is 1080 g/mol. The lowest BCUT2D eigenvalue weighted by atomic mass is 10.0. The Balaban J connectivity index is 5.23.